The van der Waals surface area contributed by atoms with Crippen LogP contribution < -0.4 is 9.21 Å². The van der Waals surface area contributed by atoms with Crippen molar-refractivity contribution in [3.63, 3.8) is 0 Å². The summed E-state index contributed by atoms with van der Waals surface area (Å²) >= 11 is 6.31. The van der Waals surface area contributed by atoms with Crippen LogP contribution in [0.1, 0.15) is 11.1 Å². The van der Waals surface area contributed by atoms with Crippen LogP contribution in [-0.4, -0.2) is 51.9 Å². The minimum atomic E-state index is -3.97. The number of amides is 1. The maximum atomic E-state index is 13.6. The zero-order valence-corrected chi connectivity index (χ0v) is 20.9. The first-order chi connectivity index (χ1) is 16.3. The first-order valence-electron chi connectivity index (χ1n) is 11.2. The van der Waals surface area contributed by atoms with Crippen molar-refractivity contribution >= 4 is 38.9 Å². The van der Waals surface area contributed by atoms with Crippen LogP contribution in [0.25, 0.3) is 0 Å². The summed E-state index contributed by atoms with van der Waals surface area (Å²) in [4.78, 5) is 17.4. The predicted octanol–water partition coefficient (Wildman–Crippen LogP) is 4.50. The summed E-state index contributed by atoms with van der Waals surface area (Å²) in [7, 11) is -3.97. The van der Waals surface area contributed by atoms with Crippen molar-refractivity contribution in [3.05, 3.63) is 88.9 Å². The number of anilines is 2. The van der Waals surface area contributed by atoms with Crippen molar-refractivity contribution in [2.75, 3.05) is 41.9 Å². The van der Waals surface area contributed by atoms with E-state index in [0.717, 1.165) is 21.1 Å². The number of rotatable bonds is 6. The Balaban J connectivity index is 1.56. The molecule has 178 valence electrons. The minimum Gasteiger partial charge on any atom is -0.368 e. The highest BCUT2D eigenvalue weighted by Gasteiger charge is 2.30. The maximum Gasteiger partial charge on any atom is 0.264 e. The Labute approximate surface area is 206 Å². The number of halogens is 1. The molecule has 8 heteroatoms. The van der Waals surface area contributed by atoms with E-state index < -0.39 is 10.0 Å². The molecule has 1 aliphatic rings. The number of piperazine rings is 1. The third kappa shape index (κ3) is 5.21. The molecule has 3 aromatic carbocycles. The molecule has 0 saturated carbocycles. The van der Waals surface area contributed by atoms with E-state index in [0.29, 0.717) is 36.9 Å². The van der Waals surface area contributed by atoms with Gasteiger partial charge in [-0.2, -0.15) is 0 Å². The van der Waals surface area contributed by atoms with E-state index in [1.807, 2.05) is 32.0 Å². The molecule has 0 aromatic heterocycles. The van der Waals surface area contributed by atoms with Crippen LogP contribution in [0.4, 0.5) is 11.4 Å². The molecule has 1 saturated heterocycles. The van der Waals surface area contributed by atoms with Crippen molar-refractivity contribution in [2.24, 2.45) is 0 Å². The number of aryl methyl sites for hydroxylation is 2. The molecule has 3 aromatic rings. The Bertz CT molecular complexity index is 1260. The van der Waals surface area contributed by atoms with Gasteiger partial charge in [-0.3, -0.25) is 9.10 Å². The van der Waals surface area contributed by atoms with Gasteiger partial charge >= 0.3 is 0 Å². The second kappa shape index (κ2) is 10.1. The zero-order chi connectivity index (χ0) is 24.3. The lowest BCUT2D eigenvalue weighted by Crippen LogP contribution is -2.52. The van der Waals surface area contributed by atoms with Gasteiger partial charge in [0.25, 0.3) is 10.0 Å². The number of sulfonamides is 1. The Hall–Kier alpha value is -3.03. The number of benzene rings is 3. The van der Waals surface area contributed by atoms with Gasteiger partial charge in [0.2, 0.25) is 5.91 Å². The molecule has 0 unspecified atom stereocenters. The molecule has 1 aliphatic heterocycles. The van der Waals surface area contributed by atoms with Crippen LogP contribution in [-0.2, 0) is 14.8 Å². The molecule has 1 heterocycles. The highest BCUT2D eigenvalue weighted by atomic mass is 35.5. The average Bonchev–Trinajstić information content (AvgIpc) is 2.85. The Morgan fingerprint density at radius 3 is 2.18 bits per heavy atom. The fourth-order valence-corrected chi connectivity index (χ4v) is 5.55. The lowest BCUT2D eigenvalue weighted by atomic mass is 10.2. The second-order valence-electron chi connectivity index (χ2n) is 8.46. The molecule has 6 nitrogen and oxygen atoms in total. The van der Waals surface area contributed by atoms with Crippen LogP contribution in [0.3, 0.4) is 0 Å². The van der Waals surface area contributed by atoms with Gasteiger partial charge in [-0.05, 0) is 55.8 Å². The predicted molar refractivity (Wildman–Crippen MR) is 137 cm³/mol. The number of carbonyl (C=O) groups excluding carboxylic acids is 1. The highest BCUT2D eigenvalue weighted by molar-refractivity contribution is 7.92. The smallest absolute Gasteiger partial charge is 0.264 e. The van der Waals surface area contributed by atoms with E-state index in [4.69, 9.17) is 11.6 Å². The molecule has 0 aliphatic carbocycles. The summed E-state index contributed by atoms with van der Waals surface area (Å²) in [6, 6.07) is 21.7. The largest absolute Gasteiger partial charge is 0.368 e. The van der Waals surface area contributed by atoms with Crippen LogP contribution >= 0.6 is 11.6 Å². The van der Waals surface area contributed by atoms with E-state index in [2.05, 4.69) is 17.0 Å². The fourth-order valence-electron chi connectivity index (χ4n) is 3.97. The number of para-hydroxylation sites is 1. The number of hydrogen-bond donors (Lipinski definition) is 0. The second-order valence-corrected chi connectivity index (χ2v) is 10.7. The number of hydrogen-bond acceptors (Lipinski definition) is 4. The number of nitrogens with zero attached hydrogens (tertiary/aromatic N) is 3. The van der Waals surface area contributed by atoms with E-state index in [-0.39, 0.29) is 17.3 Å². The molecular weight excluding hydrogens is 470 g/mol. The van der Waals surface area contributed by atoms with Crippen molar-refractivity contribution in [2.45, 2.75) is 18.7 Å². The SMILES string of the molecule is Cc1ccc(S(=O)(=O)N(CC(=O)N2CCN(c3ccccc3)CC2)c2ccc(C)c(Cl)c2)cc1. The monoisotopic (exact) mass is 497 g/mol. The van der Waals surface area contributed by atoms with E-state index in [1.54, 1.807) is 47.4 Å². The lowest BCUT2D eigenvalue weighted by Gasteiger charge is -2.37. The van der Waals surface area contributed by atoms with Crippen molar-refractivity contribution in [1.29, 1.82) is 0 Å². The van der Waals surface area contributed by atoms with Gasteiger partial charge in [-0.15, -0.1) is 0 Å². The van der Waals surface area contributed by atoms with Crippen molar-refractivity contribution < 1.29 is 13.2 Å². The van der Waals surface area contributed by atoms with E-state index in [1.165, 1.54) is 0 Å². The first kappa shape index (κ1) is 24.1. The minimum absolute atomic E-state index is 0.136. The summed E-state index contributed by atoms with van der Waals surface area (Å²) in [5, 5.41) is 0.450. The van der Waals surface area contributed by atoms with Gasteiger partial charge in [0.15, 0.2) is 0 Å². The van der Waals surface area contributed by atoms with Crippen LogP contribution in [0.2, 0.25) is 5.02 Å². The summed E-state index contributed by atoms with van der Waals surface area (Å²) in [6.07, 6.45) is 0. The number of carbonyl (C=O) groups is 1. The molecule has 0 radical (unpaired) electrons. The first-order valence-corrected chi connectivity index (χ1v) is 13.0. The summed E-state index contributed by atoms with van der Waals surface area (Å²) in [5.74, 6) is -0.236. The highest BCUT2D eigenvalue weighted by Crippen LogP contribution is 2.28. The molecule has 0 bridgehead atoms. The third-order valence-corrected chi connectivity index (χ3v) is 8.28. The molecule has 4 rings (SSSR count). The maximum absolute atomic E-state index is 13.6. The van der Waals surface area contributed by atoms with Gasteiger partial charge < -0.3 is 9.80 Å². The summed E-state index contributed by atoms with van der Waals surface area (Å²) in [6.45, 7) is 5.89. The van der Waals surface area contributed by atoms with Crippen molar-refractivity contribution in [1.82, 2.24) is 4.90 Å². The molecule has 0 atom stereocenters. The van der Waals surface area contributed by atoms with Gasteiger partial charge in [0, 0.05) is 36.9 Å². The quantitative estimate of drug-likeness (QED) is 0.503. The molecule has 1 fully saturated rings. The van der Waals surface area contributed by atoms with Crippen molar-refractivity contribution in [3.8, 4) is 0 Å². The topological polar surface area (TPSA) is 60.9 Å². The van der Waals surface area contributed by atoms with E-state index in [9.17, 15) is 13.2 Å². The summed E-state index contributed by atoms with van der Waals surface area (Å²) in [5.41, 5.74) is 3.28. The lowest BCUT2D eigenvalue weighted by molar-refractivity contribution is -0.129. The van der Waals surface area contributed by atoms with Crippen LogP contribution in [0.5, 0.6) is 0 Å². The standard InChI is InChI=1S/C26H28ClN3O3S/c1-20-8-12-24(13-9-20)34(32,33)30(23-11-10-21(2)25(27)18-23)19-26(31)29-16-14-28(15-17-29)22-6-4-3-5-7-22/h3-13,18H,14-17,19H2,1-2H3. The van der Waals surface area contributed by atoms with Gasteiger partial charge in [-0.1, -0.05) is 53.6 Å². The third-order valence-electron chi connectivity index (χ3n) is 6.08. The molecule has 0 spiro atoms. The van der Waals surface area contributed by atoms with Gasteiger partial charge in [-0.25, -0.2) is 8.42 Å². The van der Waals surface area contributed by atoms with Gasteiger partial charge in [0.1, 0.15) is 6.54 Å². The normalized spacial score (nSPS) is 14.2. The molecular formula is C26H28ClN3O3S. The van der Waals surface area contributed by atoms with Crippen LogP contribution in [0, 0.1) is 13.8 Å². The van der Waals surface area contributed by atoms with E-state index >= 15 is 0 Å². The Morgan fingerprint density at radius 1 is 0.912 bits per heavy atom. The zero-order valence-electron chi connectivity index (χ0n) is 19.3. The Kier molecular flexibility index (Phi) is 7.14. The van der Waals surface area contributed by atoms with Gasteiger partial charge in [0.05, 0.1) is 10.6 Å². The Morgan fingerprint density at radius 2 is 1.56 bits per heavy atom. The molecule has 1 amide bonds. The summed E-state index contributed by atoms with van der Waals surface area (Å²) < 4.78 is 28.4. The van der Waals surface area contributed by atoms with Crippen LogP contribution in [0.15, 0.2) is 77.7 Å². The molecule has 34 heavy (non-hydrogen) atoms. The average molecular weight is 498 g/mol. The fraction of sp³-hybridized carbons (Fsp3) is 0.269. The molecule has 0 N–H and O–H groups in total.